The summed E-state index contributed by atoms with van der Waals surface area (Å²) in [5, 5.41) is 14.8. The Labute approximate surface area is 131 Å². The first-order valence-electron chi connectivity index (χ1n) is 8.64. The molecule has 0 radical (unpaired) electrons. The summed E-state index contributed by atoms with van der Waals surface area (Å²) >= 11 is 0. The molecule has 0 fully saturated rings. The smallest absolute Gasteiger partial charge is 0.0786 e. The molecule has 0 heterocycles. The quantitative estimate of drug-likeness (QED) is 0.296. The average Bonchev–Trinajstić information content (AvgIpc) is 2.45. The summed E-state index contributed by atoms with van der Waals surface area (Å²) in [4.78, 5) is 8.25. The Bertz CT molecular complexity index is 194. The second-order valence-corrected chi connectivity index (χ2v) is 5.87. The SMILES string of the molecule is CCCC[N+](CCCC)(CCCC)CCCC.O=[N+]([O-])[O-]. The highest BCUT2D eigenvalue weighted by Crippen LogP contribution is 2.16. The van der Waals surface area contributed by atoms with Gasteiger partial charge < -0.3 is 19.8 Å². The molecule has 0 spiro atoms. The normalized spacial score (nSPS) is 10.9. The standard InChI is InChI=1S/C16H36N.NO3/c1-5-9-13-17(14-10-6-2,15-11-7-3)16-12-8-4;2-1(3)4/h5-16H2,1-4H3;/q+1;-1. The Balaban J connectivity index is 0. The van der Waals surface area contributed by atoms with Crippen LogP contribution in [0.15, 0.2) is 0 Å². The van der Waals surface area contributed by atoms with E-state index < -0.39 is 5.09 Å². The molecule has 0 aliphatic rings. The third kappa shape index (κ3) is 15.4. The van der Waals surface area contributed by atoms with Crippen LogP contribution in [0.1, 0.15) is 79.1 Å². The van der Waals surface area contributed by atoms with Crippen molar-refractivity contribution in [3.8, 4) is 0 Å². The summed E-state index contributed by atoms with van der Waals surface area (Å²) in [5.41, 5.74) is 0. The van der Waals surface area contributed by atoms with Gasteiger partial charge in [0.05, 0.1) is 31.3 Å². The van der Waals surface area contributed by atoms with E-state index in [0.29, 0.717) is 0 Å². The number of hydrogen-bond donors (Lipinski definition) is 0. The van der Waals surface area contributed by atoms with Gasteiger partial charge in [0, 0.05) is 0 Å². The van der Waals surface area contributed by atoms with E-state index in [1.54, 1.807) is 0 Å². The molecule has 5 heteroatoms. The van der Waals surface area contributed by atoms with Gasteiger partial charge in [0.15, 0.2) is 0 Å². The monoisotopic (exact) mass is 304 g/mol. The molecule has 21 heavy (non-hydrogen) atoms. The van der Waals surface area contributed by atoms with Crippen molar-refractivity contribution < 1.29 is 9.57 Å². The molecule has 0 aromatic carbocycles. The Morgan fingerprint density at radius 3 is 1.00 bits per heavy atom. The summed E-state index contributed by atoms with van der Waals surface area (Å²) in [7, 11) is 0. The number of quaternary nitrogens is 1. The van der Waals surface area contributed by atoms with Gasteiger partial charge in [-0.1, -0.05) is 53.4 Å². The van der Waals surface area contributed by atoms with Crippen LogP contribution in [0.5, 0.6) is 0 Å². The van der Waals surface area contributed by atoms with Gasteiger partial charge in [0.2, 0.25) is 0 Å². The first-order chi connectivity index (χ1) is 9.97. The molecule has 0 aliphatic carbocycles. The Kier molecular flexibility index (Phi) is 16.6. The second-order valence-electron chi connectivity index (χ2n) is 5.87. The minimum absolute atomic E-state index is 1.35. The van der Waals surface area contributed by atoms with E-state index in [1.807, 2.05) is 0 Å². The number of rotatable bonds is 12. The first kappa shape index (κ1) is 22.4. The van der Waals surface area contributed by atoms with Gasteiger partial charge in [-0.3, -0.25) is 0 Å². The van der Waals surface area contributed by atoms with Crippen LogP contribution in [0.2, 0.25) is 0 Å². The Morgan fingerprint density at radius 1 is 0.667 bits per heavy atom. The lowest BCUT2D eigenvalue weighted by Gasteiger charge is -2.39. The predicted molar refractivity (Wildman–Crippen MR) is 89.7 cm³/mol. The van der Waals surface area contributed by atoms with Crippen LogP contribution in [-0.4, -0.2) is 35.7 Å². The van der Waals surface area contributed by atoms with Gasteiger partial charge in [-0.05, 0) is 25.7 Å². The molecule has 5 nitrogen and oxygen atoms in total. The zero-order chi connectivity index (χ0) is 16.6. The molecule has 0 aromatic rings. The molecule has 0 rings (SSSR count). The maximum atomic E-state index is 8.25. The number of hydrogen-bond acceptors (Lipinski definition) is 3. The van der Waals surface area contributed by atoms with Crippen molar-refractivity contribution >= 4 is 0 Å². The maximum Gasteiger partial charge on any atom is 0.0786 e. The molecule has 0 aromatic heterocycles. The zero-order valence-electron chi connectivity index (χ0n) is 14.6. The largest absolute Gasteiger partial charge is 0.356 e. The molecule has 0 aliphatic heterocycles. The predicted octanol–water partition coefficient (Wildman–Crippen LogP) is 4.76. The molecule has 0 N–H and O–H groups in total. The van der Waals surface area contributed by atoms with Gasteiger partial charge in [0.1, 0.15) is 0 Å². The van der Waals surface area contributed by atoms with E-state index in [2.05, 4.69) is 27.7 Å². The van der Waals surface area contributed by atoms with Crippen LogP contribution in [0.4, 0.5) is 0 Å². The molecular formula is C16H36N2O3. The van der Waals surface area contributed by atoms with Crippen LogP contribution >= 0.6 is 0 Å². The van der Waals surface area contributed by atoms with Crippen LogP contribution in [0.25, 0.3) is 0 Å². The fraction of sp³-hybridized carbons (Fsp3) is 1.00. The lowest BCUT2D eigenvalue weighted by Crippen LogP contribution is -2.50. The van der Waals surface area contributed by atoms with E-state index in [4.69, 9.17) is 15.3 Å². The molecular weight excluding hydrogens is 268 g/mol. The molecule has 0 unspecified atom stereocenters. The molecule has 128 valence electrons. The highest BCUT2D eigenvalue weighted by molar-refractivity contribution is 4.49. The van der Waals surface area contributed by atoms with Crippen molar-refractivity contribution in [2.75, 3.05) is 26.2 Å². The Morgan fingerprint density at radius 2 is 0.857 bits per heavy atom. The fourth-order valence-corrected chi connectivity index (χ4v) is 2.64. The van der Waals surface area contributed by atoms with Crippen molar-refractivity contribution in [2.45, 2.75) is 79.1 Å². The number of nitrogens with zero attached hydrogens (tertiary/aromatic N) is 2. The lowest BCUT2D eigenvalue weighted by atomic mass is 10.1. The number of unbranched alkanes of at least 4 members (excludes halogenated alkanes) is 4. The van der Waals surface area contributed by atoms with E-state index in [-0.39, 0.29) is 0 Å². The van der Waals surface area contributed by atoms with E-state index >= 15 is 0 Å². The summed E-state index contributed by atoms with van der Waals surface area (Å²) < 4.78 is 1.42. The van der Waals surface area contributed by atoms with E-state index in [0.717, 1.165) is 0 Å². The Hall–Kier alpha value is -0.840. The van der Waals surface area contributed by atoms with Crippen LogP contribution in [0.3, 0.4) is 0 Å². The maximum absolute atomic E-state index is 8.25. The summed E-state index contributed by atoms with van der Waals surface area (Å²) in [6.45, 7) is 15.0. The van der Waals surface area contributed by atoms with E-state index in [9.17, 15) is 0 Å². The first-order valence-corrected chi connectivity index (χ1v) is 8.64. The van der Waals surface area contributed by atoms with Gasteiger partial charge in [-0.25, -0.2) is 0 Å². The van der Waals surface area contributed by atoms with Gasteiger partial charge in [-0.2, -0.15) is 0 Å². The van der Waals surface area contributed by atoms with E-state index in [1.165, 1.54) is 82.0 Å². The van der Waals surface area contributed by atoms with Gasteiger partial charge in [0.25, 0.3) is 0 Å². The van der Waals surface area contributed by atoms with Crippen molar-refractivity contribution in [1.82, 2.24) is 0 Å². The summed E-state index contributed by atoms with van der Waals surface area (Å²) in [5.74, 6) is 0. The molecule has 0 saturated carbocycles. The highest BCUT2D eigenvalue weighted by atomic mass is 16.9. The minimum atomic E-state index is -1.75. The van der Waals surface area contributed by atoms with Crippen LogP contribution in [-0.2, 0) is 0 Å². The minimum Gasteiger partial charge on any atom is -0.356 e. The second kappa shape index (κ2) is 15.5. The highest BCUT2D eigenvalue weighted by Gasteiger charge is 2.24. The third-order valence-electron chi connectivity index (χ3n) is 3.94. The molecule has 0 bridgehead atoms. The topological polar surface area (TPSA) is 66.2 Å². The van der Waals surface area contributed by atoms with Crippen molar-refractivity contribution in [2.24, 2.45) is 0 Å². The molecule has 0 atom stereocenters. The third-order valence-corrected chi connectivity index (χ3v) is 3.94. The fourth-order valence-electron chi connectivity index (χ4n) is 2.64. The van der Waals surface area contributed by atoms with Crippen molar-refractivity contribution in [3.05, 3.63) is 15.3 Å². The lowest BCUT2D eigenvalue weighted by molar-refractivity contribution is -0.929. The molecule has 0 saturated heterocycles. The molecule has 0 amide bonds. The van der Waals surface area contributed by atoms with Crippen molar-refractivity contribution in [3.63, 3.8) is 0 Å². The van der Waals surface area contributed by atoms with Crippen LogP contribution in [0, 0.1) is 15.3 Å². The zero-order valence-corrected chi connectivity index (χ0v) is 14.6. The summed E-state index contributed by atoms with van der Waals surface area (Å²) in [6.07, 6.45) is 11.1. The van der Waals surface area contributed by atoms with Gasteiger partial charge in [-0.15, -0.1) is 0 Å². The summed E-state index contributed by atoms with van der Waals surface area (Å²) in [6, 6.07) is 0. The van der Waals surface area contributed by atoms with Crippen molar-refractivity contribution in [1.29, 1.82) is 0 Å². The van der Waals surface area contributed by atoms with Gasteiger partial charge >= 0.3 is 0 Å². The average molecular weight is 304 g/mol. The van der Waals surface area contributed by atoms with Crippen LogP contribution < -0.4 is 0 Å².